The van der Waals surface area contributed by atoms with Gasteiger partial charge in [-0.05, 0) is 44.2 Å². The van der Waals surface area contributed by atoms with E-state index in [1.54, 1.807) is 18.9 Å². The molecule has 0 saturated carbocycles. The number of carbonyl (C=O) groups is 1. The highest BCUT2D eigenvalue weighted by Crippen LogP contribution is 2.34. The van der Waals surface area contributed by atoms with E-state index in [1.807, 2.05) is 73.3 Å². The van der Waals surface area contributed by atoms with Crippen LogP contribution in [0.2, 0.25) is 0 Å². The number of hydrogen-bond acceptors (Lipinski definition) is 5. The summed E-state index contributed by atoms with van der Waals surface area (Å²) in [6.07, 6.45) is -0.0242. The van der Waals surface area contributed by atoms with Gasteiger partial charge in [-0.15, -0.1) is 0 Å². The van der Waals surface area contributed by atoms with Crippen molar-refractivity contribution in [3.05, 3.63) is 60.3 Å². The van der Waals surface area contributed by atoms with Crippen LogP contribution in [-0.4, -0.2) is 60.1 Å². The van der Waals surface area contributed by atoms with E-state index in [0.717, 1.165) is 11.3 Å². The Balaban J connectivity index is 1.80. The van der Waals surface area contributed by atoms with Crippen molar-refractivity contribution in [2.24, 2.45) is 0 Å². The first-order valence-corrected chi connectivity index (χ1v) is 10.3. The lowest BCUT2D eigenvalue weighted by Crippen LogP contribution is -2.48. The standard InChI is InChI=1S/C24H27N3O4/c1-16-14-26(15-17(2)31-16)24(28)22-13-21(25-27(22)18-8-6-5-7-9-18)20-11-10-19(29-3)12-23(20)30-4/h5-13,16-17H,14-15H2,1-4H3/t16-,17-/m1/s1. The summed E-state index contributed by atoms with van der Waals surface area (Å²) in [7, 11) is 3.22. The van der Waals surface area contributed by atoms with Crippen LogP contribution >= 0.6 is 0 Å². The zero-order valence-electron chi connectivity index (χ0n) is 18.2. The lowest BCUT2D eigenvalue weighted by Gasteiger charge is -2.35. The van der Waals surface area contributed by atoms with Crippen LogP contribution < -0.4 is 9.47 Å². The Bertz CT molecular complexity index is 1050. The van der Waals surface area contributed by atoms with Crippen molar-refractivity contribution < 1.29 is 19.0 Å². The van der Waals surface area contributed by atoms with Crippen molar-refractivity contribution in [2.75, 3.05) is 27.3 Å². The summed E-state index contributed by atoms with van der Waals surface area (Å²) < 4.78 is 18.4. The first-order chi connectivity index (χ1) is 15.0. The lowest BCUT2D eigenvalue weighted by atomic mass is 10.1. The normalized spacial score (nSPS) is 18.6. The van der Waals surface area contributed by atoms with Gasteiger partial charge in [-0.3, -0.25) is 4.79 Å². The van der Waals surface area contributed by atoms with Crippen LogP contribution in [0.4, 0.5) is 0 Å². The molecule has 4 rings (SSSR count). The number of nitrogens with zero attached hydrogens (tertiary/aromatic N) is 3. The van der Waals surface area contributed by atoms with E-state index in [9.17, 15) is 4.79 Å². The molecule has 1 saturated heterocycles. The second-order valence-corrected chi connectivity index (χ2v) is 7.70. The van der Waals surface area contributed by atoms with Crippen molar-refractivity contribution in [2.45, 2.75) is 26.1 Å². The van der Waals surface area contributed by atoms with E-state index in [-0.39, 0.29) is 18.1 Å². The number of ether oxygens (including phenoxy) is 3. The Morgan fingerprint density at radius 2 is 1.71 bits per heavy atom. The van der Waals surface area contributed by atoms with Crippen LogP contribution in [0.1, 0.15) is 24.3 Å². The molecule has 1 aromatic heterocycles. The van der Waals surface area contributed by atoms with Gasteiger partial charge in [-0.1, -0.05) is 18.2 Å². The minimum absolute atomic E-state index is 0.0121. The number of carbonyl (C=O) groups excluding carboxylic acids is 1. The first kappa shape index (κ1) is 20.9. The summed E-state index contributed by atoms with van der Waals surface area (Å²) >= 11 is 0. The van der Waals surface area contributed by atoms with Gasteiger partial charge < -0.3 is 19.1 Å². The fourth-order valence-electron chi connectivity index (χ4n) is 3.95. The smallest absolute Gasteiger partial charge is 0.272 e. The quantitative estimate of drug-likeness (QED) is 0.627. The molecule has 7 nitrogen and oxygen atoms in total. The number of methoxy groups -OCH3 is 2. The van der Waals surface area contributed by atoms with E-state index in [1.165, 1.54) is 0 Å². The Hall–Kier alpha value is -3.32. The highest BCUT2D eigenvalue weighted by molar-refractivity contribution is 5.94. The molecule has 0 radical (unpaired) electrons. The molecule has 7 heteroatoms. The molecule has 0 spiro atoms. The number of hydrogen-bond donors (Lipinski definition) is 0. The molecule has 0 N–H and O–H groups in total. The first-order valence-electron chi connectivity index (χ1n) is 10.3. The molecule has 1 aliphatic heterocycles. The third-order valence-electron chi connectivity index (χ3n) is 5.32. The Morgan fingerprint density at radius 3 is 2.35 bits per heavy atom. The maximum absolute atomic E-state index is 13.5. The molecule has 1 amide bonds. The van der Waals surface area contributed by atoms with E-state index >= 15 is 0 Å². The summed E-state index contributed by atoms with van der Waals surface area (Å²) in [5, 5.41) is 4.79. The molecule has 3 aromatic rings. The number of para-hydroxylation sites is 1. The van der Waals surface area contributed by atoms with E-state index in [4.69, 9.17) is 19.3 Å². The predicted octanol–water partition coefficient (Wildman–Crippen LogP) is 3.81. The topological polar surface area (TPSA) is 65.8 Å². The Morgan fingerprint density at radius 1 is 1.00 bits per heavy atom. The number of aromatic nitrogens is 2. The lowest BCUT2D eigenvalue weighted by molar-refractivity contribution is -0.0588. The maximum atomic E-state index is 13.5. The van der Waals surface area contributed by atoms with Gasteiger partial charge in [0.15, 0.2) is 0 Å². The maximum Gasteiger partial charge on any atom is 0.272 e. The third-order valence-corrected chi connectivity index (χ3v) is 5.32. The Kier molecular flexibility index (Phi) is 5.95. The predicted molar refractivity (Wildman–Crippen MR) is 118 cm³/mol. The average molecular weight is 421 g/mol. The highest BCUT2D eigenvalue weighted by atomic mass is 16.5. The van der Waals surface area contributed by atoms with Gasteiger partial charge in [-0.2, -0.15) is 5.10 Å². The van der Waals surface area contributed by atoms with Gasteiger partial charge in [0, 0.05) is 24.7 Å². The highest BCUT2D eigenvalue weighted by Gasteiger charge is 2.29. The SMILES string of the molecule is COc1ccc(-c2cc(C(=O)N3C[C@@H](C)O[C@H](C)C3)n(-c3ccccc3)n2)c(OC)c1. The fourth-order valence-corrected chi connectivity index (χ4v) is 3.95. The van der Waals surface area contributed by atoms with Crippen molar-refractivity contribution >= 4 is 5.91 Å². The fraction of sp³-hybridized carbons (Fsp3) is 0.333. The zero-order valence-corrected chi connectivity index (χ0v) is 18.2. The summed E-state index contributed by atoms with van der Waals surface area (Å²) in [4.78, 5) is 15.4. The van der Waals surface area contributed by atoms with Crippen LogP contribution in [-0.2, 0) is 4.74 Å². The van der Waals surface area contributed by atoms with Crippen LogP contribution in [0.3, 0.4) is 0 Å². The van der Waals surface area contributed by atoms with E-state index in [0.29, 0.717) is 36.0 Å². The van der Waals surface area contributed by atoms with Gasteiger partial charge in [0.1, 0.15) is 17.2 Å². The molecular formula is C24H27N3O4. The molecule has 2 atom stereocenters. The molecule has 0 unspecified atom stereocenters. The minimum Gasteiger partial charge on any atom is -0.497 e. The molecular weight excluding hydrogens is 394 g/mol. The monoisotopic (exact) mass is 421 g/mol. The van der Waals surface area contributed by atoms with Gasteiger partial charge in [0.2, 0.25) is 0 Å². The molecule has 2 aromatic carbocycles. The number of amides is 1. The molecule has 2 heterocycles. The number of morpholine rings is 1. The van der Waals surface area contributed by atoms with Gasteiger partial charge in [0.05, 0.1) is 37.8 Å². The van der Waals surface area contributed by atoms with Crippen LogP contribution in [0.15, 0.2) is 54.6 Å². The van der Waals surface area contributed by atoms with Gasteiger partial charge in [0.25, 0.3) is 5.91 Å². The van der Waals surface area contributed by atoms with Gasteiger partial charge >= 0.3 is 0 Å². The van der Waals surface area contributed by atoms with Crippen molar-refractivity contribution in [3.8, 4) is 28.4 Å². The number of benzene rings is 2. The van der Waals surface area contributed by atoms with E-state index in [2.05, 4.69) is 0 Å². The molecule has 31 heavy (non-hydrogen) atoms. The summed E-state index contributed by atoms with van der Waals surface area (Å²) in [5.74, 6) is 1.25. The zero-order chi connectivity index (χ0) is 22.0. The molecule has 1 aliphatic rings. The largest absolute Gasteiger partial charge is 0.497 e. The third kappa shape index (κ3) is 4.27. The Labute approximate surface area is 182 Å². The molecule has 0 aliphatic carbocycles. The molecule has 162 valence electrons. The summed E-state index contributed by atoms with van der Waals surface area (Å²) in [5.41, 5.74) is 2.76. The van der Waals surface area contributed by atoms with Crippen molar-refractivity contribution in [3.63, 3.8) is 0 Å². The van der Waals surface area contributed by atoms with Crippen molar-refractivity contribution in [1.82, 2.24) is 14.7 Å². The summed E-state index contributed by atoms with van der Waals surface area (Å²) in [6.45, 7) is 5.06. The second kappa shape index (κ2) is 8.81. The minimum atomic E-state index is -0.0721. The van der Waals surface area contributed by atoms with Crippen LogP contribution in [0.25, 0.3) is 16.9 Å². The second-order valence-electron chi connectivity index (χ2n) is 7.70. The van der Waals surface area contributed by atoms with Crippen LogP contribution in [0, 0.1) is 0 Å². The van der Waals surface area contributed by atoms with E-state index < -0.39 is 0 Å². The van der Waals surface area contributed by atoms with Crippen molar-refractivity contribution in [1.29, 1.82) is 0 Å². The average Bonchev–Trinajstić information content (AvgIpc) is 3.23. The molecule has 1 fully saturated rings. The van der Waals surface area contributed by atoms with Crippen LogP contribution in [0.5, 0.6) is 11.5 Å². The number of rotatable bonds is 5. The van der Waals surface area contributed by atoms with Gasteiger partial charge in [-0.25, -0.2) is 4.68 Å². The molecule has 0 bridgehead atoms. The summed E-state index contributed by atoms with van der Waals surface area (Å²) in [6, 6.07) is 17.0.